The topological polar surface area (TPSA) is 35.5 Å². The van der Waals surface area contributed by atoms with Gasteiger partial charge in [0.2, 0.25) is 0 Å². The Bertz CT molecular complexity index is 625. The van der Waals surface area contributed by atoms with Gasteiger partial charge in [-0.25, -0.2) is 4.79 Å². The lowest BCUT2D eigenvalue weighted by atomic mass is 9.75. The minimum absolute atomic E-state index is 0.0961. The quantitative estimate of drug-likeness (QED) is 0.530. The Balaban J connectivity index is 1.41. The average Bonchev–Trinajstić information content (AvgIpc) is 2.64. The number of alkyl halides is 3. The maximum atomic E-state index is 12.3. The normalized spacial score (nSPS) is 28.6. The maximum Gasteiger partial charge on any atom is 0.573 e. The van der Waals surface area contributed by atoms with E-state index in [9.17, 15) is 18.0 Å². The number of carbonyl (C=O) groups is 1. The van der Waals surface area contributed by atoms with E-state index >= 15 is 0 Å². The molecule has 1 aromatic rings. The van der Waals surface area contributed by atoms with Gasteiger partial charge in [-0.15, -0.1) is 13.2 Å². The second-order valence-corrected chi connectivity index (χ2v) is 8.48. The molecule has 156 valence electrons. The van der Waals surface area contributed by atoms with Crippen molar-refractivity contribution in [1.82, 2.24) is 0 Å². The summed E-state index contributed by atoms with van der Waals surface area (Å²) in [7, 11) is 0. The molecule has 0 atom stereocenters. The molecule has 0 radical (unpaired) electrons. The Kier molecular flexibility index (Phi) is 6.89. The van der Waals surface area contributed by atoms with Crippen LogP contribution in [0.15, 0.2) is 24.3 Å². The Morgan fingerprint density at radius 1 is 0.929 bits per heavy atom. The van der Waals surface area contributed by atoms with E-state index in [1.165, 1.54) is 44.2 Å². The Labute approximate surface area is 164 Å². The number of esters is 1. The van der Waals surface area contributed by atoms with Crippen LogP contribution in [0.5, 0.6) is 5.75 Å². The fourth-order valence-electron chi connectivity index (χ4n) is 4.53. The predicted molar refractivity (Wildman–Crippen MR) is 100 cm³/mol. The van der Waals surface area contributed by atoms with Crippen molar-refractivity contribution in [2.24, 2.45) is 17.8 Å². The summed E-state index contributed by atoms with van der Waals surface area (Å²) in [6.45, 7) is 2.34. The molecule has 0 heterocycles. The number of halogens is 3. The molecule has 3 rings (SSSR count). The molecule has 2 aliphatic carbocycles. The highest BCUT2D eigenvalue weighted by atomic mass is 19.4. The summed E-state index contributed by atoms with van der Waals surface area (Å²) in [6.07, 6.45) is 5.78. The van der Waals surface area contributed by atoms with E-state index in [1.807, 2.05) is 0 Å². The molecular weight excluding hydrogens is 369 g/mol. The van der Waals surface area contributed by atoms with Gasteiger partial charge in [0.25, 0.3) is 0 Å². The second kappa shape index (κ2) is 9.19. The van der Waals surface area contributed by atoms with Gasteiger partial charge in [-0.1, -0.05) is 32.6 Å². The zero-order valence-electron chi connectivity index (χ0n) is 16.3. The zero-order valence-corrected chi connectivity index (χ0v) is 16.3. The summed E-state index contributed by atoms with van der Waals surface area (Å²) >= 11 is 0. The number of benzene rings is 1. The highest BCUT2D eigenvalue weighted by molar-refractivity contribution is 5.89. The SMILES string of the molecule is CC1CCC(CC2CCC(OC(=O)c3ccc(OC(F)(F)F)cc3)CC2)CC1. The summed E-state index contributed by atoms with van der Waals surface area (Å²) in [5.74, 6) is 1.63. The molecule has 0 unspecified atom stereocenters. The first kappa shape index (κ1) is 21.0. The molecule has 2 aliphatic rings. The van der Waals surface area contributed by atoms with Crippen molar-refractivity contribution in [1.29, 1.82) is 0 Å². The van der Waals surface area contributed by atoms with Gasteiger partial charge < -0.3 is 9.47 Å². The van der Waals surface area contributed by atoms with E-state index < -0.39 is 12.3 Å². The number of carbonyl (C=O) groups excluding carboxylic acids is 1. The Hall–Kier alpha value is -1.72. The summed E-state index contributed by atoms with van der Waals surface area (Å²) in [5, 5.41) is 0. The first-order chi connectivity index (χ1) is 13.3. The maximum absolute atomic E-state index is 12.3. The molecule has 28 heavy (non-hydrogen) atoms. The van der Waals surface area contributed by atoms with Crippen LogP contribution in [0.3, 0.4) is 0 Å². The lowest BCUT2D eigenvalue weighted by molar-refractivity contribution is -0.274. The Morgan fingerprint density at radius 3 is 2.00 bits per heavy atom. The van der Waals surface area contributed by atoms with Crippen molar-refractivity contribution >= 4 is 5.97 Å². The molecule has 1 aromatic carbocycles. The number of rotatable bonds is 5. The van der Waals surface area contributed by atoms with Gasteiger partial charge in [-0.3, -0.25) is 0 Å². The van der Waals surface area contributed by atoms with Crippen LogP contribution in [-0.4, -0.2) is 18.4 Å². The number of hydrogen-bond acceptors (Lipinski definition) is 3. The number of ether oxygens (including phenoxy) is 2. The fraction of sp³-hybridized carbons (Fsp3) is 0.682. The molecule has 0 N–H and O–H groups in total. The minimum Gasteiger partial charge on any atom is -0.459 e. The monoisotopic (exact) mass is 398 g/mol. The van der Waals surface area contributed by atoms with Crippen LogP contribution in [0, 0.1) is 17.8 Å². The molecular formula is C22H29F3O3. The van der Waals surface area contributed by atoms with Crippen LogP contribution in [0.25, 0.3) is 0 Å². The van der Waals surface area contributed by atoms with Gasteiger partial charge in [-0.2, -0.15) is 0 Å². The molecule has 2 fully saturated rings. The van der Waals surface area contributed by atoms with E-state index in [-0.39, 0.29) is 17.4 Å². The van der Waals surface area contributed by atoms with Crippen molar-refractivity contribution in [3.05, 3.63) is 29.8 Å². The third kappa shape index (κ3) is 6.42. The van der Waals surface area contributed by atoms with Gasteiger partial charge in [0, 0.05) is 0 Å². The van der Waals surface area contributed by atoms with Crippen LogP contribution in [0.1, 0.15) is 75.1 Å². The van der Waals surface area contributed by atoms with E-state index in [1.54, 1.807) is 0 Å². The lowest BCUT2D eigenvalue weighted by Crippen LogP contribution is -2.26. The van der Waals surface area contributed by atoms with Gasteiger partial charge in [0.15, 0.2) is 0 Å². The van der Waals surface area contributed by atoms with E-state index in [4.69, 9.17) is 4.74 Å². The van der Waals surface area contributed by atoms with Crippen molar-refractivity contribution in [2.45, 2.75) is 77.2 Å². The molecule has 3 nitrogen and oxygen atoms in total. The molecule has 0 bridgehead atoms. The van der Waals surface area contributed by atoms with Crippen LogP contribution in [0.4, 0.5) is 13.2 Å². The highest BCUT2D eigenvalue weighted by Crippen LogP contribution is 2.37. The van der Waals surface area contributed by atoms with Crippen LogP contribution in [-0.2, 0) is 4.74 Å². The predicted octanol–water partition coefficient (Wildman–Crippen LogP) is 6.52. The highest BCUT2D eigenvalue weighted by Gasteiger charge is 2.31. The molecule has 0 aromatic heterocycles. The number of hydrogen-bond donors (Lipinski definition) is 0. The smallest absolute Gasteiger partial charge is 0.459 e. The van der Waals surface area contributed by atoms with Crippen LogP contribution >= 0.6 is 0 Å². The molecule has 0 aliphatic heterocycles. The first-order valence-electron chi connectivity index (χ1n) is 10.4. The van der Waals surface area contributed by atoms with Crippen molar-refractivity contribution in [3.8, 4) is 5.75 Å². The summed E-state index contributed by atoms with van der Waals surface area (Å²) < 4.78 is 46.0. The van der Waals surface area contributed by atoms with Crippen LogP contribution in [0.2, 0.25) is 0 Å². The van der Waals surface area contributed by atoms with E-state index in [0.29, 0.717) is 0 Å². The third-order valence-electron chi connectivity index (χ3n) is 6.19. The van der Waals surface area contributed by atoms with E-state index in [2.05, 4.69) is 11.7 Å². The van der Waals surface area contributed by atoms with Gasteiger partial charge in [0.1, 0.15) is 11.9 Å². The third-order valence-corrected chi connectivity index (χ3v) is 6.19. The average molecular weight is 398 g/mol. The van der Waals surface area contributed by atoms with Crippen molar-refractivity contribution in [2.75, 3.05) is 0 Å². The minimum atomic E-state index is -4.74. The molecule has 6 heteroatoms. The summed E-state index contributed by atoms with van der Waals surface area (Å²) in [5.41, 5.74) is 0.243. The zero-order chi connectivity index (χ0) is 20.1. The Morgan fingerprint density at radius 2 is 1.46 bits per heavy atom. The summed E-state index contributed by atoms with van der Waals surface area (Å²) in [4.78, 5) is 12.3. The van der Waals surface area contributed by atoms with Crippen molar-refractivity contribution in [3.63, 3.8) is 0 Å². The largest absolute Gasteiger partial charge is 0.573 e. The van der Waals surface area contributed by atoms with Gasteiger partial charge in [0.05, 0.1) is 5.56 Å². The second-order valence-electron chi connectivity index (χ2n) is 8.48. The van der Waals surface area contributed by atoms with Crippen LogP contribution < -0.4 is 4.74 Å². The van der Waals surface area contributed by atoms with E-state index in [0.717, 1.165) is 55.6 Å². The molecule has 0 spiro atoms. The first-order valence-corrected chi connectivity index (χ1v) is 10.4. The van der Waals surface area contributed by atoms with Crippen molar-refractivity contribution < 1.29 is 27.4 Å². The molecule has 0 amide bonds. The van der Waals surface area contributed by atoms with Gasteiger partial charge in [-0.05, 0) is 74.1 Å². The standard InChI is InChI=1S/C22H29F3O3/c1-15-2-4-16(5-3-15)14-17-6-10-19(11-7-17)27-21(26)18-8-12-20(13-9-18)28-22(23,24)25/h8-9,12-13,15-17,19H,2-7,10-11,14H2,1H3. The molecule has 0 saturated heterocycles. The fourth-order valence-corrected chi connectivity index (χ4v) is 4.53. The lowest BCUT2D eigenvalue weighted by Gasteiger charge is -2.33. The summed E-state index contributed by atoms with van der Waals surface area (Å²) in [6, 6.07) is 4.87. The van der Waals surface area contributed by atoms with Gasteiger partial charge >= 0.3 is 12.3 Å². The molecule has 2 saturated carbocycles.